The minimum absolute atomic E-state index is 0.0647. The first-order chi connectivity index (χ1) is 11.2. The summed E-state index contributed by atoms with van der Waals surface area (Å²) in [5.41, 5.74) is 0.283. The zero-order valence-corrected chi connectivity index (χ0v) is 15.2. The molecular formula is C17H24ClN3O3. The maximum atomic E-state index is 12.7. The predicted molar refractivity (Wildman–Crippen MR) is 93.3 cm³/mol. The summed E-state index contributed by atoms with van der Waals surface area (Å²) >= 11 is 6.03. The summed E-state index contributed by atoms with van der Waals surface area (Å²) in [6.07, 6.45) is 0. The highest BCUT2D eigenvalue weighted by Gasteiger charge is 2.33. The zero-order valence-electron chi connectivity index (χ0n) is 14.5. The van der Waals surface area contributed by atoms with Crippen LogP contribution in [0, 0.1) is 0 Å². The van der Waals surface area contributed by atoms with Gasteiger partial charge in [0.05, 0.1) is 16.6 Å². The van der Waals surface area contributed by atoms with Gasteiger partial charge in [-0.15, -0.1) is 0 Å². The van der Waals surface area contributed by atoms with Gasteiger partial charge in [0, 0.05) is 25.7 Å². The van der Waals surface area contributed by atoms with Crippen molar-refractivity contribution in [3.05, 3.63) is 28.8 Å². The van der Waals surface area contributed by atoms with Gasteiger partial charge in [-0.1, -0.05) is 17.7 Å². The minimum Gasteiger partial charge on any atom is -0.506 e. The number of carbonyl (C=O) groups excluding carboxylic acids is 2. The van der Waals surface area contributed by atoms with Crippen LogP contribution >= 0.6 is 11.6 Å². The third kappa shape index (κ3) is 3.65. The third-order valence-electron chi connectivity index (χ3n) is 4.54. The van der Waals surface area contributed by atoms with Crippen LogP contribution in [0.4, 0.5) is 0 Å². The molecule has 2 atom stereocenters. The highest BCUT2D eigenvalue weighted by atomic mass is 35.5. The molecule has 24 heavy (non-hydrogen) atoms. The number of carbonyl (C=O) groups is 2. The van der Waals surface area contributed by atoms with Crippen LogP contribution in [0.2, 0.25) is 5.02 Å². The number of hydrogen-bond donors (Lipinski definition) is 1. The monoisotopic (exact) mass is 353 g/mol. The van der Waals surface area contributed by atoms with Crippen molar-refractivity contribution in [2.45, 2.75) is 25.9 Å². The summed E-state index contributed by atoms with van der Waals surface area (Å²) in [6, 6.07) is 4.36. The summed E-state index contributed by atoms with van der Waals surface area (Å²) < 4.78 is 0. The Bertz CT molecular complexity index is 636. The molecule has 0 bridgehead atoms. The second-order valence-corrected chi connectivity index (χ2v) is 6.79. The first-order valence-electron chi connectivity index (χ1n) is 7.97. The van der Waals surface area contributed by atoms with Crippen molar-refractivity contribution in [3.63, 3.8) is 0 Å². The second kappa shape index (κ2) is 7.40. The molecule has 0 spiro atoms. The summed E-state index contributed by atoms with van der Waals surface area (Å²) in [4.78, 5) is 30.5. The van der Waals surface area contributed by atoms with Gasteiger partial charge in [0.15, 0.2) is 0 Å². The molecule has 1 fully saturated rings. The Kier molecular flexibility index (Phi) is 5.72. The van der Waals surface area contributed by atoms with Gasteiger partial charge in [0.2, 0.25) is 5.91 Å². The molecule has 0 radical (unpaired) electrons. The van der Waals surface area contributed by atoms with E-state index >= 15 is 0 Å². The molecule has 0 aromatic heterocycles. The number of hydrogen-bond acceptors (Lipinski definition) is 4. The molecule has 2 amide bonds. The van der Waals surface area contributed by atoms with Crippen LogP contribution in [-0.2, 0) is 4.79 Å². The van der Waals surface area contributed by atoms with E-state index in [9.17, 15) is 14.7 Å². The Hall–Kier alpha value is -1.79. The van der Waals surface area contributed by atoms with Gasteiger partial charge in [0.25, 0.3) is 5.91 Å². The number of phenols is 1. The first kappa shape index (κ1) is 18.5. The van der Waals surface area contributed by atoms with Gasteiger partial charge < -0.3 is 14.9 Å². The summed E-state index contributed by atoms with van der Waals surface area (Å²) in [6.45, 7) is 5.18. The Morgan fingerprint density at radius 2 is 2.00 bits per heavy atom. The highest BCUT2D eigenvalue weighted by Crippen LogP contribution is 2.28. The Balaban J connectivity index is 2.09. The topological polar surface area (TPSA) is 64.1 Å². The van der Waals surface area contributed by atoms with Crippen LogP contribution in [0.5, 0.6) is 5.75 Å². The lowest BCUT2D eigenvalue weighted by molar-refractivity contribution is -0.139. The number of phenolic OH excluding ortho intramolecular Hbond substituents is 1. The van der Waals surface area contributed by atoms with Crippen molar-refractivity contribution in [1.82, 2.24) is 14.7 Å². The largest absolute Gasteiger partial charge is 0.506 e. The van der Waals surface area contributed by atoms with E-state index in [2.05, 4.69) is 0 Å². The molecule has 1 aliphatic heterocycles. The van der Waals surface area contributed by atoms with Gasteiger partial charge in [0.1, 0.15) is 5.75 Å². The normalized spacial score (nSPS) is 19.5. The third-order valence-corrected chi connectivity index (χ3v) is 4.94. The fraction of sp³-hybridized carbons (Fsp3) is 0.529. The molecule has 2 rings (SSSR count). The highest BCUT2D eigenvalue weighted by molar-refractivity contribution is 6.35. The maximum absolute atomic E-state index is 12.7. The molecule has 1 aliphatic rings. The summed E-state index contributed by atoms with van der Waals surface area (Å²) in [5, 5.41) is 9.73. The van der Waals surface area contributed by atoms with Crippen LogP contribution in [0.3, 0.4) is 0 Å². The lowest BCUT2D eigenvalue weighted by Crippen LogP contribution is -2.58. The van der Waals surface area contributed by atoms with Crippen LogP contribution in [0.15, 0.2) is 18.2 Å². The number of benzene rings is 1. The van der Waals surface area contributed by atoms with Crippen molar-refractivity contribution in [1.29, 1.82) is 0 Å². The molecule has 1 saturated heterocycles. The van der Waals surface area contributed by atoms with E-state index in [0.717, 1.165) is 0 Å². The fourth-order valence-corrected chi connectivity index (χ4v) is 2.99. The molecule has 7 heteroatoms. The average Bonchev–Trinajstić information content (AvgIpc) is 2.55. The lowest BCUT2D eigenvalue weighted by atomic mass is 10.1. The molecule has 1 unspecified atom stereocenters. The molecule has 1 aromatic carbocycles. The van der Waals surface area contributed by atoms with Crippen molar-refractivity contribution in [2.75, 3.05) is 33.7 Å². The van der Waals surface area contributed by atoms with E-state index < -0.39 is 0 Å². The van der Waals surface area contributed by atoms with E-state index in [1.54, 1.807) is 17.0 Å². The number of likely N-dealkylation sites (N-methyl/N-ethyl adjacent to an activating group) is 1. The van der Waals surface area contributed by atoms with Gasteiger partial charge in [-0.25, -0.2) is 0 Å². The van der Waals surface area contributed by atoms with Crippen molar-refractivity contribution in [2.24, 2.45) is 0 Å². The van der Waals surface area contributed by atoms with E-state index in [1.807, 2.05) is 37.7 Å². The lowest BCUT2D eigenvalue weighted by Gasteiger charge is -2.41. The van der Waals surface area contributed by atoms with Crippen molar-refractivity contribution >= 4 is 23.4 Å². The molecule has 1 N–H and O–H groups in total. The molecular weight excluding hydrogens is 330 g/mol. The predicted octanol–water partition coefficient (Wildman–Crippen LogP) is 1.67. The number of nitrogens with zero attached hydrogens (tertiary/aromatic N) is 3. The minimum atomic E-state index is -0.226. The number of halogens is 1. The smallest absolute Gasteiger partial charge is 0.255 e. The molecule has 1 aromatic rings. The number of amides is 2. The van der Waals surface area contributed by atoms with Crippen LogP contribution in [0.1, 0.15) is 24.2 Å². The van der Waals surface area contributed by atoms with Crippen molar-refractivity contribution < 1.29 is 14.7 Å². The van der Waals surface area contributed by atoms with Crippen LogP contribution in [0.25, 0.3) is 0 Å². The van der Waals surface area contributed by atoms with E-state index in [4.69, 9.17) is 11.6 Å². The first-order valence-corrected chi connectivity index (χ1v) is 8.35. The van der Waals surface area contributed by atoms with Crippen LogP contribution < -0.4 is 0 Å². The Labute approximate surface area is 147 Å². The summed E-state index contributed by atoms with van der Waals surface area (Å²) in [5.74, 6) is -0.269. The molecule has 132 valence electrons. The molecule has 1 heterocycles. The maximum Gasteiger partial charge on any atom is 0.255 e. The molecule has 6 nitrogen and oxygen atoms in total. The quantitative estimate of drug-likeness (QED) is 0.897. The van der Waals surface area contributed by atoms with E-state index in [-0.39, 0.29) is 40.2 Å². The number of rotatable bonds is 3. The van der Waals surface area contributed by atoms with Gasteiger partial charge in [-0.3, -0.25) is 14.5 Å². The zero-order chi connectivity index (χ0) is 18.0. The number of piperazine rings is 1. The van der Waals surface area contributed by atoms with E-state index in [1.165, 1.54) is 6.07 Å². The van der Waals surface area contributed by atoms with Crippen molar-refractivity contribution in [3.8, 4) is 5.75 Å². The Morgan fingerprint density at radius 1 is 1.33 bits per heavy atom. The SMILES string of the molecule is CC1CN(C(=O)c2cccc(O)c2Cl)CCN1C(=O)[C@H](C)N(C)C. The molecule has 0 saturated carbocycles. The molecule has 0 aliphatic carbocycles. The second-order valence-electron chi connectivity index (χ2n) is 6.41. The summed E-state index contributed by atoms with van der Waals surface area (Å²) in [7, 11) is 3.74. The van der Waals surface area contributed by atoms with Gasteiger partial charge in [-0.05, 0) is 40.1 Å². The average molecular weight is 354 g/mol. The van der Waals surface area contributed by atoms with Gasteiger partial charge in [-0.2, -0.15) is 0 Å². The van der Waals surface area contributed by atoms with Gasteiger partial charge >= 0.3 is 0 Å². The van der Waals surface area contributed by atoms with Crippen LogP contribution in [-0.4, -0.2) is 77.4 Å². The Morgan fingerprint density at radius 3 is 2.58 bits per heavy atom. The fourth-order valence-electron chi connectivity index (χ4n) is 2.79. The standard InChI is InChI=1S/C17H24ClN3O3/c1-11-10-20(8-9-21(11)16(23)12(2)19(3)4)17(24)13-6-5-7-14(22)15(13)18/h5-7,11-12,22H,8-10H2,1-4H3/t11?,12-/m0/s1. The van der Waals surface area contributed by atoms with E-state index in [0.29, 0.717) is 19.6 Å². The number of aromatic hydroxyl groups is 1.